The number of hydrogen-bond acceptors (Lipinski definition) is 6. The second-order valence-corrected chi connectivity index (χ2v) is 7.04. The molecule has 1 aliphatic heterocycles. The number of benzene rings is 1. The summed E-state index contributed by atoms with van der Waals surface area (Å²) in [5.41, 5.74) is 0.291. The fourth-order valence-corrected chi connectivity index (χ4v) is 2.63. The Morgan fingerprint density at radius 1 is 0.964 bits per heavy atom. The molecule has 0 fully saturated rings. The molecule has 0 aromatic heterocycles. The Labute approximate surface area is 164 Å². The van der Waals surface area contributed by atoms with Crippen molar-refractivity contribution in [2.75, 3.05) is 19.1 Å². The fourth-order valence-electron chi connectivity index (χ4n) is 2.63. The fraction of sp³-hybridized carbons (Fsp3) is 0.286. The lowest BCUT2D eigenvalue weighted by Gasteiger charge is -2.26. The third-order valence-electron chi connectivity index (χ3n) is 3.79. The Kier molecular flexibility index (Phi) is 6.41. The van der Waals surface area contributed by atoms with E-state index in [1.165, 1.54) is 25.2 Å². The molecule has 148 valence electrons. The molecule has 7 nitrogen and oxygen atoms in total. The minimum atomic E-state index is -0.734. The lowest BCUT2D eigenvalue weighted by molar-refractivity contribution is -0.139. The van der Waals surface area contributed by atoms with Crippen molar-refractivity contribution in [2.45, 2.75) is 26.3 Å². The van der Waals surface area contributed by atoms with Crippen LogP contribution in [0.4, 0.5) is 5.69 Å². The highest BCUT2D eigenvalue weighted by molar-refractivity contribution is 6.07. The zero-order chi connectivity index (χ0) is 20.9. The monoisotopic (exact) mass is 384 g/mol. The number of hydrogen-bond donors (Lipinski definition) is 1. The van der Waals surface area contributed by atoms with Crippen molar-refractivity contribution in [3.63, 3.8) is 0 Å². The molecule has 0 unspecified atom stereocenters. The number of methoxy groups -OCH3 is 2. The van der Waals surface area contributed by atoms with Gasteiger partial charge in [0.25, 0.3) is 5.91 Å². The summed E-state index contributed by atoms with van der Waals surface area (Å²) in [6.07, 6.45) is 6.30. The van der Waals surface area contributed by atoms with Gasteiger partial charge < -0.3 is 19.7 Å². The normalized spacial score (nSPS) is 13.8. The van der Waals surface area contributed by atoms with Crippen LogP contribution in [-0.4, -0.2) is 37.6 Å². The van der Waals surface area contributed by atoms with Gasteiger partial charge in [-0.2, -0.15) is 0 Å². The highest BCUT2D eigenvalue weighted by Crippen LogP contribution is 2.29. The van der Waals surface area contributed by atoms with Crippen molar-refractivity contribution < 1.29 is 23.9 Å². The van der Waals surface area contributed by atoms with Crippen molar-refractivity contribution in [1.82, 2.24) is 5.32 Å². The van der Waals surface area contributed by atoms with Crippen molar-refractivity contribution in [3.8, 4) is 0 Å². The van der Waals surface area contributed by atoms with Gasteiger partial charge in [0.1, 0.15) is 5.70 Å². The zero-order valence-electron chi connectivity index (χ0n) is 16.6. The number of allylic oxidation sites excluding steroid dienone is 2. The third kappa shape index (κ3) is 4.68. The summed E-state index contributed by atoms with van der Waals surface area (Å²) in [5, 5.41) is 2.90. The van der Waals surface area contributed by atoms with E-state index in [0.717, 1.165) is 0 Å². The number of carbonyl (C=O) groups is 3. The zero-order valence-corrected chi connectivity index (χ0v) is 16.6. The van der Waals surface area contributed by atoms with Gasteiger partial charge in [-0.3, -0.25) is 4.79 Å². The molecule has 7 heteroatoms. The van der Waals surface area contributed by atoms with E-state index < -0.39 is 17.5 Å². The van der Waals surface area contributed by atoms with Crippen LogP contribution < -0.4 is 10.2 Å². The van der Waals surface area contributed by atoms with E-state index in [-0.39, 0.29) is 17.2 Å². The molecule has 0 radical (unpaired) electrons. The quantitative estimate of drug-likeness (QED) is 0.804. The standard InChI is InChI=1S/C21H24N2O5/c1-21(2,3)22-18(24)14-10-6-7-12-16(14)23-13-9-8-11-15(19(25)27-4)17(23)20(26)28-5/h6-13H,1-5H3,(H,22,24). The Balaban J connectivity index is 2.67. The van der Waals surface area contributed by atoms with E-state index in [0.29, 0.717) is 11.3 Å². The molecule has 1 heterocycles. The van der Waals surface area contributed by atoms with Crippen LogP contribution in [0.3, 0.4) is 0 Å². The average molecular weight is 384 g/mol. The van der Waals surface area contributed by atoms with Crippen LogP contribution in [0.2, 0.25) is 0 Å². The molecule has 2 rings (SSSR count). The smallest absolute Gasteiger partial charge is 0.355 e. The van der Waals surface area contributed by atoms with Crippen molar-refractivity contribution in [2.24, 2.45) is 0 Å². The molecule has 1 aromatic carbocycles. The first-order valence-electron chi connectivity index (χ1n) is 8.66. The first kappa shape index (κ1) is 21.0. The molecule has 1 aromatic rings. The number of anilines is 1. The SMILES string of the molecule is COC(=O)C1=C(C(=O)OC)N(c2ccccc2C(=O)NC(C)(C)C)C=CC=C1. The van der Waals surface area contributed by atoms with Gasteiger partial charge in [0.2, 0.25) is 0 Å². The summed E-state index contributed by atoms with van der Waals surface area (Å²) < 4.78 is 9.70. The van der Waals surface area contributed by atoms with Gasteiger partial charge in [-0.05, 0) is 45.1 Å². The van der Waals surface area contributed by atoms with Crippen molar-refractivity contribution in [1.29, 1.82) is 0 Å². The van der Waals surface area contributed by atoms with Gasteiger partial charge in [0.05, 0.1) is 31.0 Å². The molecule has 1 aliphatic rings. The molecule has 28 heavy (non-hydrogen) atoms. The lowest BCUT2D eigenvalue weighted by Crippen LogP contribution is -2.41. The van der Waals surface area contributed by atoms with Gasteiger partial charge in [-0.25, -0.2) is 9.59 Å². The molecule has 1 N–H and O–H groups in total. The van der Waals surface area contributed by atoms with E-state index in [9.17, 15) is 14.4 Å². The van der Waals surface area contributed by atoms with Gasteiger partial charge in [-0.1, -0.05) is 18.2 Å². The molecule has 0 bridgehead atoms. The number of nitrogens with one attached hydrogen (secondary N) is 1. The van der Waals surface area contributed by atoms with Crippen LogP contribution in [0.15, 0.2) is 60.0 Å². The summed E-state index contributed by atoms with van der Waals surface area (Å²) in [4.78, 5) is 39.1. The van der Waals surface area contributed by atoms with Crippen LogP contribution in [0.25, 0.3) is 0 Å². The van der Waals surface area contributed by atoms with Crippen LogP contribution in [0, 0.1) is 0 Å². The minimum Gasteiger partial charge on any atom is -0.465 e. The molecule has 0 saturated carbocycles. The molecule has 0 spiro atoms. The number of nitrogens with zero attached hydrogens (tertiary/aromatic N) is 1. The van der Waals surface area contributed by atoms with Crippen LogP contribution >= 0.6 is 0 Å². The van der Waals surface area contributed by atoms with Gasteiger partial charge in [0.15, 0.2) is 0 Å². The summed E-state index contributed by atoms with van der Waals surface area (Å²) in [5.74, 6) is -1.73. The molecule has 1 amide bonds. The summed E-state index contributed by atoms with van der Waals surface area (Å²) >= 11 is 0. The first-order valence-corrected chi connectivity index (χ1v) is 8.66. The van der Waals surface area contributed by atoms with Crippen molar-refractivity contribution >= 4 is 23.5 Å². The van der Waals surface area contributed by atoms with Crippen LogP contribution in [-0.2, 0) is 19.1 Å². The molecular formula is C21H24N2O5. The van der Waals surface area contributed by atoms with E-state index in [2.05, 4.69) is 5.32 Å². The minimum absolute atomic E-state index is 0.0189. The maximum absolute atomic E-state index is 12.8. The summed E-state index contributed by atoms with van der Waals surface area (Å²) in [6.45, 7) is 5.62. The van der Waals surface area contributed by atoms with E-state index in [1.54, 1.807) is 42.6 Å². The second-order valence-electron chi connectivity index (χ2n) is 7.04. The second kappa shape index (κ2) is 8.56. The Bertz CT molecular complexity index is 875. The van der Waals surface area contributed by atoms with Gasteiger partial charge in [-0.15, -0.1) is 0 Å². The predicted octanol–water partition coefficient (Wildman–Crippen LogP) is 2.70. The molecular weight excluding hydrogens is 360 g/mol. The van der Waals surface area contributed by atoms with Crippen molar-refractivity contribution in [3.05, 3.63) is 65.5 Å². The van der Waals surface area contributed by atoms with E-state index in [1.807, 2.05) is 20.8 Å². The third-order valence-corrected chi connectivity index (χ3v) is 3.79. The topological polar surface area (TPSA) is 84.9 Å². The molecule has 0 aliphatic carbocycles. The highest BCUT2D eigenvalue weighted by Gasteiger charge is 2.30. The average Bonchev–Trinajstić information content (AvgIpc) is 2.88. The molecule has 0 atom stereocenters. The number of esters is 2. The van der Waals surface area contributed by atoms with Gasteiger partial charge in [0, 0.05) is 11.7 Å². The largest absolute Gasteiger partial charge is 0.465 e. The van der Waals surface area contributed by atoms with E-state index >= 15 is 0 Å². The highest BCUT2D eigenvalue weighted by atomic mass is 16.5. The molecule has 0 saturated heterocycles. The maximum Gasteiger partial charge on any atom is 0.355 e. The number of carbonyl (C=O) groups excluding carboxylic acids is 3. The van der Waals surface area contributed by atoms with Gasteiger partial charge >= 0.3 is 11.9 Å². The predicted molar refractivity (Wildman–Crippen MR) is 105 cm³/mol. The van der Waals surface area contributed by atoms with Crippen LogP contribution in [0.1, 0.15) is 31.1 Å². The number of ether oxygens (including phenoxy) is 2. The lowest BCUT2D eigenvalue weighted by atomic mass is 10.1. The Morgan fingerprint density at radius 2 is 1.61 bits per heavy atom. The number of amides is 1. The Hall–Kier alpha value is -3.35. The van der Waals surface area contributed by atoms with E-state index in [4.69, 9.17) is 9.47 Å². The Morgan fingerprint density at radius 3 is 2.21 bits per heavy atom. The number of rotatable bonds is 4. The first-order chi connectivity index (χ1) is 13.2. The summed E-state index contributed by atoms with van der Waals surface area (Å²) in [7, 11) is 2.45. The number of para-hydroxylation sites is 1. The summed E-state index contributed by atoms with van der Waals surface area (Å²) in [6, 6.07) is 6.80. The maximum atomic E-state index is 12.8. The van der Waals surface area contributed by atoms with Crippen LogP contribution in [0.5, 0.6) is 0 Å².